The van der Waals surface area contributed by atoms with Crippen LogP contribution in [0, 0.1) is 10.8 Å². The van der Waals surface area contributed by atoms with Gasteiger partial charge in [-0.15, -0.1) is 0 Å². The van der Waals surface area contributed by atoms with Crippen LogP contribution in [0.4, 0.5) is 0 Å². The Bertz CT molecular complexity index is 564. The quantitative estimate of drug-likeness (QED) is 0.411. The molecule has 1 aliphatic rings. The highest BCUT2D eigenvalue weighted by Crippen LogP contribution is 2.49. The Hall–Kier alpha value is -1.18. The Morgan fingerprint density at radius 1 is 0.808 bits per heavy atom. The number of rotatable bonds is 11. The Labute approximate surface area is 161 Å². The third-order valence-electron chi connectivity index (χ3n) is 5.98. The average molecular weight is 361 g/mol. The fraction of sp³-hybridized carbons (Fsp3) is 0.750. The van der Waals surface area contributed by atoms with E-state index in [-0.39, 0.29) is 11.5 Å². The van der Waals surface area contributed by atoms with Gasteiger partial charge in [0.2, 0.25) is 0 Å². The average Bonchev–Trinajstić information content (AvgIpc) is 3.27. The summed E-state index contributed by atoms with van der Waals surface area (Å²) in [6.07, 6.45) is 14.4. The zero-order valence-corrected chi connectivity index (χ0v) is 17.5. The fourth-order valence-corrected chi connectivity index (χ4v) is 3.73. The maximum absolute atomic E-state index is 10.2. The molecule has 0 radical (unpaired) electrons. The van der Waals surface area contributed by atoms with Crippen molar-refractivity contribution in [3.8, 4) is 11.5 Å². The van der Waals surface area contributed by atoms with E-state index in [1.807, 2.05) is 6.07 Å². The van der Waals surface area contributed by atoms with E-state index in [4.69, 9.17) is 0 Å². The van der Waals surface area contributed by atoms with Crippen LogP contribution in [0.5, 0.6) is 11.5 Å². The Morgan fingerprint density at radius 2 is 1.35 bits per heavy atom. The number of hydrogen-bond acceptors (Lipinski definition) is 2. The second kappa shape index (κ2) is 9.15. The van der Waals surface area contributed by atoms with Gasteiger partial charge in [0, 0.05) is 6.07 Å². The molecule has 148 valence electrons. The van der Waals surface area contributed by atoms with Crippen LogP contribution in [-0.2, 0) is 12.8 Å². The summed E-state index contributed by atoms with van der Waals surface area (Å²) in [5.74, 6) is 0.514. The summed E-state index contributed by atoms with van der Waals surface area (Å²) in [6.45, 7) is 9.28. The first-order valence-corrected chi connectivity index (χ1v) is 10.7. The lowest BCUT2D eigenvalue weighted by Crippen LogP contribution is -2.03. The van der Waals surface area contributed by atoms with Gasteiger partial charge in [0.25, 0.3) is 0 Å². The number of aromatic hydroxyl groups is 2. The molecule has 0 aromatic heterocycles. The molecule has 0 heterocycles. The third-order valence-corrected chi connectivity index (χ3v) is 5.98. The first-order chi connectivity index (χ1) is 12.2. The molecule has 0 saturated heterocycles. The maximum Gasteiger partial charge on any atom is 0.122 e. The predicted octanol–water partition coefficient (Wildman–Crippen LogP) is 7.15. The largest absolute Gasteiger partial charge is 0.508 e. The molecule has 1 saturated carbocycles. The zero-order valence-electron chi connectivity index (χ0n) is 17.5. The van der Waals surface area contributed by atoms with Crippen molar-refractivity contribution in [1.29, 1.82) is 0 Å². The summed E-state index contributed by atoms with van der Waals surface area (Å²) < 4.78 is 0. The van der Waals surface area contributed by atoms with Gasteiger partial charge in [0.15, 0.2) is 0 Å². The van der Waals surface area contributed by atoms with Crippen LogP contribution < -0.4 is 0 Å². The second-order valence-electron chi connectivity index (χ2n) is 10.1. The Morgan fingerprint density at radius 3 is 1.88 bits per heavy atom. The summed E-state index contributed by atoms with van der Waals surface area (Å²) in [6, 6.07) is 3.59. The van der Waals surface area contributed by atoms with Crippen LogP contribution >= 0.6 is 0 Å². The number of phenols is 2. The summed E-state index contributed by atoms with van der Waals surface area (Å²) in [7, 11) is 0. The smallest absolute Gasteiger partial charge is 0.122 e. The van der Waals surface area contributed by atoms with E-state index in [2.05, 4.69) is 27.7 Å². The minimum Gasteiger partial charge on any atom is -0.508 e. The molecule has 0 aliphatic heterocycles. The van der Waals surface area contributed by atoms with Gasteiger partial charge in [-0.05, 0) is 79.4 Å². The first kappa shape index (κ1) is 21.1. The van der Waals surface area contributed by atoms with Crippen LogP contribution in [0.15, 0.2) is 12.1 Å². The summed E-state index contributed by atoms with van der Waals surface area (Å²) in [4.78, 5) is 0. The number of hydrogen-bond donors (Lipinski definition) is 2. The molecule has 0 bridgehead atoms. The third kappa shape index (κ3) is 7.60. The molecule has 1 aliphatic carbocycles. The van der Waals surface area contributed by atoms with Crippen LogP contribution in [0.3, 0.4) is 0 Å². The molecular weight excluding hydrogens is 320 g/mol. The molecule has 26 heavy (non-hydrogen) atoms. The molecule has 0 spiro atoms. The monoisotopic (exact) mass is 360 g/mol. The van der Waals surface area contributed by atoms with E-state index in [9.17, 15) is 10.2 Å². The number of aryl methyl sites for hydroxylation is 2. The highest BCUT2D eigenvalue weighted by Gasteiger charge is 2.35. The minimum absolute atomic E-state index is 0.256. The van der Waals surface area contributed by atoms with Crippen molar-refractivity contribution in [2.45, 2.75) is 105 Å². The van der Waals surface area contributed by atoms with Gasteiger partial charge in [-0.2, -0.15) is 0 Å². The van der Waals surface area contributed by atoms with Crippen molar-refractivity contribution >= 4 is 0 Å². The van der Waals surface area contributed by atoms with Crippen molar-refractivity contribution in [1.82, 2.24) is 0 Å². The van der Waals surface area contributed by atoms with E-state index >= 15 is 0 Å². The molecule has 2 nitrogen and oxygen atoms in total. The molecule has 1 aromatic rings. The van der Waals surface area contributed by atoms with Crippen LogP contribution in [0.25, 0.3) is 0 Å². The van der Waals surface area contributed by atoms with E-state index < -0.39 is 0 Å². The molecule has 2 rings (SSSR count). The van der Waals surface area contributed by atoms with Gasteiger partial charge in [-0.1, -0.05) is 53.4 Å². The summed E-state index contributed by atoms with van der Waals surface area (Å²) in [5, 5.41) is 20.3. The van der Waals surface area contributed by atoms with E-state index in [0.29, 0.717) is 10.8 Å². The SMILES string of the molecule is CC(C)(C)CCCCCCc1cc(CCCCC2(C)CC2)c(O)cc1O. The van der Waals surface area contributed by atoms with Crippen LogP contribution in [0.1, 0.15) is 103 Å². The van der Waals surface area contributed by atoms with Gasteiger partial charge >= 0.3 is 0 Å². The van der Waals surface area contributed by atoms with Gasteiger partial charge in [0.05, 0.1) is 0 Å². The summed E-state index contributed by atoms with van der Waals surface area (Å²) >= 11 is 0. The number of phenolic OH excluding ortho intramolecular Hbond substituents is 2. The fourth-order valence-electron chi connectivity index (χ4n) is 3.73. The maximum atomic E-state index is 10.2. The van der Waals surface area contributed by atoms with Crippen molar-refractivity contribution in [2.75, 3.05) is 0 Å². The molecule has 0 amide bonds. The van der Waals surface area contributed by atoms with Crippen molar-refractivity contribution in [3.63, 3.8) is 0 Å². The molecule has 1 aromatic carbocycles. The molecule has 0 unspecified atom stereocenters. The van der Waals surface area contributed by atoms with E-state index in [1.54, 1.807) is 6.07 Å². The second-order valence-corrected chi connectivity index (χ2v) is 10.1. The number of unbranched alkanes of at least 4 members (excludes halogenated alkanes) is 4. The van der Waals surface area contributed by atoms with Crippen LogP contribution in [0.2, 0.25) is 0 Å². The van der Waals surface area contributed by atoms with Gasteiger partial charge in [0.1, 0.15) is 11.5 Å². The minimum atomic E-state index is 0.256. The summed E-state index contributed by atoms with van der Waals surface area (Å²) in [5.41, 5.74) is 3.06. The van der Waals surface area contributed by atoms with Crippen molar-refractivity contribution in [2.24, 2.45) is 10.8 Å². The predicted molar refractivity (Wildman–Crippen MR) is 111 cm³/mol. The lowest BCUT2D eigenvalue weighted by molar-refractivity contribution is 0.357. The zero-order chi connectivity index (χ0) is 19.2. The van der Waals surface area contributed by atoms with Crippen LogP contribution in [-0.4, -0.2) is 10.2 Å². The lowest BCUT2D eigenvalue weighted by Gasteiger charge is -2.17. The van der Waals surface area contributed by atoms with Crippen molar-refractivity contribution < 1.29 is 10.2 Å². The van der Waals surface area contributed by atoms with Crippen molar-refractivity contribution in [3.05, 3.63) is 23.3 Å². The van der Waals surface area contributed by atoms with Gasteiger partial charge in [-0.3, -0.25) is 0 Å². The molecular formula is C24H40O2. The molecule has 2 N–H and O–H groups in total. The van der Waals surface area contributed by atoms with Gasteiger partial charge < -0.3 is 10.2 Å². The highest BCUT2D eigenvalue weighted by atomic mass is 16.3. The normalized spacial score (nSPS) is 16.0. The highest BCUT2D eigenvalue weighted by molar-refractivity contribution is 5.45. The molecule has 0 atom stereocenters. The molecule has 2 heteroatoms. The molecule has 1 fully saturated rings. The number of benzene rings is 1. The standard InChI is InChI=1S/C24H40O2/c1-23(2,3)13-9-6-5-7-11-19-17-20(22(26)18-21(19)25)12-8-10-14-24(4)15-16-24/h17-18,25-26H,5-16H2,1-4H3. The van der Waals surface area contributed by atoms with Gasteiger partial charge in [-0.25, -0.2) is 0 Å². The topological polar surface area (TPSA) is 40.5 Å². The lowest BCUT2D eigenvalue weighted by atomic mass is 9.89. The first-order valence-electron chi connectivity index (χ1n) is 10.7. The Kier molecular flexibility index (Phi) is 7.43. The Balaban J connectivity index is 1.73. The van der Waals surface area contributed by atoms with E-state index in [1.165, 1.54) is 51.4 Å². The van der Waals surface area contributed by atoms with E-state index in [0.717, 1.165) is 36.8 Å².